The van der Waals surface area contributed by atoms with E-state index in [0.29, 0.717) is 5.75 Å². The van der Waals surface area contributed by atoms with Crippen molar-refractivity contribution in [3.63, 3.8) is 0 Å². The Hall–Kier alpha value is -1.57. The van der Waals surface area contributed by atoms with E-state index in [9.17, 15) is 4.79 Å². The number of para-hydroxylation sites is 1. The maximum atomic E-state index is 11.0. The topological polar surface area (TPSA) is 26.3 Å². The number of hydrogen-bond donors (Lipinski definition) is 0. The van der Waals surface area contributed by atoms with Gasteiger partial charge in [0.15, 0.2) is 0 Å². The van der Waals surface area contributed by atoms with Crippen LogP contribution in [0.5, 0.6) is 5.75 Å². The average molecular weight is 218 g/mol. The number of hydrogen-bond acceptors (Lipinski definition) is 2. The van der Waals surface area contributed by atoms with Crippen LogP contribution in [0.25, 0.3) is 0 Å². The average Bonchev–Trinajstić information content (AvgIpc) is 2.17. The standard InChI is InChI=1S/C14H18O2/c1-10(2)14(4,5)12-8-6-7-9-13(12)16-11(3)15/h6-9H,1H2,2-5H3. The van der Waals surface area contributed by atoms with Crippen LogP contribution in [0, 0.1) is 0 Å². The van der Waals surface area contributed by atoms with Gasteiger partial charge < -0.3 is 4.74 Å². The molecule has 1 rings (SSSR count). The number of esters is 1. The van der Waals surface area contributed by atoms with Gasteiger partial charge in [-0.25, -0.2) is 0 Å². The van der Waals surface area contributed by atoms with Crippen LogP contribution in [0.2, 0.25) is 0 Å². The van der Waals surface area contributed by atoms with Crippen LogP contribution in [0.1, 0.15) is 33.3 Å². The minimum Gasteiger partial charge on any atom is -0.426 e. The molecule has 86 valence electrons. The van der Waals surface area contributed by atoms with E-state index in [1.165, 1.54) is 6.92 Å². The summed E-state index contributed by atoms with van der Waals surface area (Å²) in [6.07, 6.45) is 0. The fourth-order valence-corrected chi connectivity index (χ4v) is 1.46. The molecule has 0 saturated carbocycles. The van der Waals surface area contributed by atoms with Gasteiger partial charge in [-0.2, -0.15) is 0 Å². The zero-order chi connectivity index (χ0) is 12.3. The van der Waals surface area contributed by atoms with Crippen molar-refractivity contribution in [2.45, 2.75) is 33.1 Å². The van der Waals surface area contributed by atoms with Crippen LogP contribution in [0.15, 0.2) is 36.4 Å². The SMILES string of the molecule is C=C(C)C(C)(C)c1ccccc1OC(C)=O. The van der Waals surface area contributed by atoms with Gasteiger partial charge in [-0.3, -0.25) is 4.79 Å². The molecule has 0 fully saturated rings. The normalized spacial score (nSPS) is 11.0. The van der Waals surface area contributed by atoms with Gasteiger partial charge in [-0.15, -0.1) is 0 Å². The highest BCUT2D eigenvalue weighted by molar-refractivity contribution is 5.70. The first-order valence-corrected chi connectivity index (χ1v) is 5.29. The van der Waals surface area contributed by atoms with Gasteiger partial charge in [-0.05, 0) is 13.0 Å². The summed E-state index contributed by atoms with van der Waals surface area (Å²) in [5.74, 6) is 0.313. The summed E-state index contributed by atoms with van der Waals surface area (Å²) in [4.78, 5) is 11.0. The van der Waals surface area contributed by atoms with E-state index in [2.05, 4.69) is 20.4 Å². The second-order valence-electron chi connectivity index (χ2n) is 4.50. The van der Waals surface area contributed by atoms with Gasteiger partial charge >= 0.3 is 5.97 Å². The zero-order valence-electron chi connectivity index (χ0n) is 10.3. The predicted octanol–water partition coefficient (Wildman–Crippen LogP) is 3.47. The first-order chi connectivity index (χ1) is 7.35. The Labute approximate surface area is 96.9 Å². The molecular weight excluding hydrogens is 200 g/mol. The number of benzene rings is 1. The lowest BCUT2D eigenvalue weighted by molar-refractivity contribution is -0.131. The van der Waals surface area contributed by atoms with E-state index in [-0.39, 0.29) is 11.4 Å². The Morgan fingerprint density at radius 1 is 1.25 bits per heavy atom. The number of rotatable bonds is 3. The number of carbonyl (C=O) groups is 1. The van der Waals surface area contributed by atoms with Gasteiger partial charge in [0.1, 0.15) is 5.75 Å². The smallest absolute Gasteiger partial charge is 0.308 e. The van der Waals surface area contributed by atoms with Crippen LogP contribution in [0.4, 0.5) is 0 Å². The molecule has 0 aliphatic heterocycles. The van der Waals surface area contributed by atoms with Crippen LogP contribution < -0.4 is 4.74 Å². The highest BCUT2D eigenvalue weighted by atomic mass is 16.5. The van der Waals surface area contributed by atoms with E-state index in [0.717, 1.165) is 11.1 Å². The summed E-state index contributed by atoms with van der Waals surface area (Å²) < 4.78 is 5.20. The molecule has 2 heteroatoms. The maximum absolute atomic E-state index is 11.0. The molecule has 0 amide bonds. The quantitative estimate of drug-likeness (QED) is 0.441. The van der Waals surface area contributed by atoms with Gasteiger partial charge in [0, 0.05) is 17.9 Å². The summed E-state index contributed by atoms with van der Waals surface area (Å²) >= 11 is 0. The van der Waals surface area contributed by atoms with Crippen molar-refractivity contribution in [2.75, 3.05) is 0 Å². The van der Waals surface area contributed by atoms with Crippen molar-refractivity contribution >= 4 is 5.97 Å². The monoisotopic (exact) mass is 218 g/mol. The summed E-state index contributed by atoms with van der Waals surface area (Å²) in [6.45, 7) is 11.5. The Morgan fingerprint density at radius 3 is 2.31 bits per heavy atom. The van der Waals surface area contributed by atoms with Crippen molar-refractivity contribution in [3.8, 4) is 5.75 Å². The maximum Gasteiger partial charge on any atom is 0.308 e. The molecule has 16 heavy (non-hydrogen) atoms. The molecule has 0 unspecified atom stereocenters. The highest BCUT2D eigenvalue weighted by Gasteiger charge is 2.25. The van der Waals surface area contributed by atoms with Crippen molar-refractivity contribution in [3.05, 3.63) is 42.0 Å². The van der Waals surface area contributed by atoms with Gasteiger partial charge in [-0.1, -0.05) is 44.2 Å². The molecule has 0 saturated heterocycles. The fraction of sp³-hybridized carbons (Fsp3) is 0.357. The fourth-order valence-electron chi connectivity index (χ4n) is 1.46. The molecule has 0 aliphatic carbocycles. The minimum atomic E-state index is -0.301. The van der Waals surface area contributed by atoms with Gasteiger partial charge in [0.05, 0.1) is 0 Å². The third kappa shape index (κ3) is 2.51. The molecule has 0 aromatic heterocycles. The molecule has 0 bridgehead atoms. The summed E-state index contributed by atoms with van der Waals surface area (Å²) in [5.41, 5.74) is 1.82. The van der Waals surface area contributed by atoms with Crippen molar-refractivity contribution in [2.24, 2.45) is 0 Å². The van der Waals surface area contributed by atoms with Crippen LogP contribution in [0.3, 0.4) is 0 Å². The van der Waals surface area contributed by atoms with Gasteiger partial charge in [0.25, 0.3) is 0 Å². The number of allylic oxidation sites excluding steroid dienone is 1. The van der Waals surface area contributed by atoms with Gasteiger partial charge in [0.2, 0.25) is 0 Å². The molecule has 1 aromatic carbocycles. The summed E-state index contributed by atoms with van der Waals surface area (Å²) in [5, 5.41) is 0. The lowest BCUT2D eigenvalue weighted by atomic mass is 9.78. The molecule has 0 spiro atoms. The Balaban J connectivity index is 3.22. The number of ether oxygens (including phenoxy) is 1. The minimum absolute atomic E-state index is 0.202. The van der Waals surface area contributed by atoms with Crippen LogP contribution >= 0.6 is 0 Å². The predicted molar refractivity (Wildman–Crippen MR) is 65.6 cm³/mol. The first kappa shape index (κ1) is 12.5. The van der Waals surface area contributed by atoms with Crippen LogP contribution in [-0.4, -0.2) is 5.97 Å². The lowest BCUT2D eigenvalue weighted by Gasteiger charge is -2.27. The zero-order valence-corrected chi connectivity index (χ0v) is 10.3. The van der Waals surface area contributed by atoms with E-state index >= 15 is 0 Å². The molecular formula is C14H18O2. The first-order valence-electron chi connectivity index (χ1n) is 5.29. The molecule has 0 aliphatic rings. The van der Waals surface area contributed by atoms with Crippen molar-refractivity contribution in [1.29, 1.82) is 0 Å². The molecule has 0 heterocycles. The molecule has 1 aromatic rings. The summed E-state index contributed by atoms with van der Waals surface area (Å²) in [6, 6.07) is 7.57. The second kappa shape index (κ2) is 4.52. The van der Waals surface area contributed by atoms with E-state index in [1.807, 2.05) is 25.1 Å². The molecule has 0 radical (unpaired) electrons. The van der Waals surface area contributed by atoms with E-state index in [1.54, 1.807) is 6.07 Å². The van der Waals surface area contributed by atoms with Crippen molar-refractivity contribution < 1.29 is 9.53 Å². The van der Waals surface area contributed by atoms with Crippen molar-refractivity contribution in [1.82, 2.24) is 0 Å². The largest absolute Gasteiger partial charge is 0.426 e. The molecule has 0 N–H and O–H groups in total. The molecule has 0 atom stereocenters. The Bertz CT molecular complexity index is 416. The van der Waals surface area contributed by atoms with E-state index in [4.69, 9.17) is 4.74 Å². The Kier molecular flexibility index (Phi) is 3.53. The Morgan fingerprint density at radius 2 is 1.81 bits per heavy atom. The highest BCUT2D eigenvalue weighted by Crippen LogP contribution is 2.36. The molecule has 2 nitrogen and oxygen atoms in total. The summed E-state index contributed by atoms with van der Waals surface area (Å²) in [7, 11) is 0. The third-order valence-corrected chi connectivity index (χ3v) is 2.88. The third-order valence-electron chi connectivity index (χ3n) is 2.88. The number of carbonyl (C=O) groups excluding carboxylic acids is 1. The van der Waals surface area contributed by atoms with E-state index < -0.39 is 0 Å². The van der Waals surface area contributed by atoms with Crippen LogP contribution in [-0.2, 0) is 10.2 Å². The lowest BCUT2D eigenvalue weighted by Crippen LogP contribution is -2.20. The second-order valence-corrected chi connectivity index (χ2v) is 4.50.